The van der Waals surface area contributed by atoms with Crippen molar-refractivity contribution in [1.82, 2.24) is 0 Å². The van der Waals surface area contributed by atoms with Gasteiger partial charge in [-0.3, -0.25) is 0 Å². The maximum absolute atomic E-state index is 12.2. The molecule has 2 aromatic rings. The Morgan fingerprint density at radius 1 is 0.593 bits per heavy atom. The molecule has 2 rings (SSSR count). The van der Waals surface area contributed by atoms with Gasteiger partial charge in [0, 0.05) is 0 Å². The summed E-state index contributed by atoms with van der Waals surface area (Å²) in [6.07, 6.45) is -14.1. The maximum Gasteiger partial charge on any atom is 0.573 e. The molecule has 0 bridgehead atoms. The zero-order valence-electron chi connectivity index (χ0n) is 13.9. The number of hydrogen-bond donors (Lipinski definition) is 0. The topological polar surface area (TPSA) is 9.23 Å². The van der Waals surface area contributed by atoms with Crippen LogP contribution in [0.1, 0.15) is 22.3 Å². The summed E-state index contributed by atoms with van der Waals surface area (Å²) in [6.45, 7) is 2.97. The molecule has 0 fully saturated rings. The van der Waals surface area contributed by atoms with E-state index in [0.29, 0.717) is 12.1 Å². The first-order chi connectivity index (χ1) is 12.1. The van der Waals surface area contributed by atoms with Crippen LogP contribution >= 0.6 is 0 Å². The van der Waals surface area contributed by atoms with Gasteiger partial charge < -0.3 is 4.74 Å². The Bertz CT molecular complexity index is 709. The molecule has 0 aromatic heterocycles. The van der Waals surface area contributed by atoms with Gasteiger partial charge in [0.25, 0.3) is 0 Å². The van der Waals surface area contributed by atoms with Crippen LogP contribution in [0.4, 0.5) is 39.5 Å². The molecular formula is C17H13F9O. The van der Waals surface area contributed by atoms with Crippen LogP contribution in [0.15, 0.2) is 42.5 Å². The molecule has 2 aromatic carbocycles. The Morgan fingerprint density at radius 3 is 1.33 bits per heavy atom. The van der Waals surface area contributed by atoms with E-state index in [4.69, 9.17) is 0 Å². The van der Waals surface area contributed by atoms with E-state index in [9.17, 15) is 39.5 Å². The average molecular weight is 404 g/mol. The van der Waals surface area contributed by atoms with Crippen LogP contribution in [0.25, 0.3) is 0 Å². The largest absolute Gasteiger partial charge is 0.573 e. The van der Waals surface area contributed by atoms with Crippen LogP contribution in [0.3, 0.4) is 0 Å². The Morgan fingerprint density at radius 2 is 1.00 bits per heavy atom. The number of aryl methyl sites for hydroxylation is 2. The highest BCUT2D eigenvalue weighted by atomic mass is 19.4. The first kappa shape index (κ1) is 22.7. The molecule has 0 unspecified atom stereocenters. The lowest BCUT2D eigenvalue weighted by atomic mass is 10.1. The van der Waals surface area contributed by atoms with Crippen LogP contribution in [0.5, 0.6) is 5.75 Å². The summed E-state index contributed by atoms with van der Waals surface area (Å²) in [6, 6.07) is 7.13. The SMILES string of the molecule is Cc1cc(C(F)(F)F)cc(C(F)(F)F)c1.Cc1ccc(OC(F)(F)F)cc1. The lowest BCUT2D eigenvalue weighted by molar-refractivity contribution is -0.274. The minimum Gasteiger partial charge on any atom is -0.406 e. The van der Waals surface area contributed by atoms with Gasteiger partial charge in [0.2, 0.25) is 0 Å². The first-order valence-corrected chi connectivity index (χ1v) is 7.16. The van der Waals surface area contributed by atoms with Crippen LogP contribution in [0.2, 0.25) is 0 Å². The lowest BCUT2D eigenvalue weighted by Gasteiger charge is -2.12. The van der Waals surface area contributed by atoms with Crippen LogP contribution in [-0.2, 0) is 12.4 Å². The van der Waals surface area contributed by atoms with Crippen molar-refractivity contribution in [3.05, 3.63) is 64.7 Å². The molecule has 150 valence electrons. The second kappa shape index (κ2) is 8.10. The zero-order valence-corrected chi connectivity index (χ0v) is 13.9. The summed E-state index contributed by atoms with van der Waals surface area (Å²) in [5.74, 6) is -0.187. The molecule has 0 spiro atoms. The smallest absolute Gasteiger partial charge is 0.406 e. The quantitative estimate of drug-likeness (QED) is 0.469. The van der Waals surface area contributed by atoms with Gasteiger partial charge in [-0.05, 0) is 49.7 Å². The normalized spacial score (nSPS) is 12.3. The molecule has 0 heterocycles. The molecule has 0 amide bonds. The molecule has 0 radical (unpaired) electrons. The Labute approximate surface area is 148 Å². The highest BCUT2D eigenvalue weighted by Gasteiger charge is 2.36. The molecule has 0 atom stereocenters. The monoisotopic (exact) mass is 404 g/mol. The molecule has 0 aliphatic carbocycles. The van der Waals surface area contributed by atoms with E-state index in [1.54, 1.807) is 19.1 Å². The van der Waals surface area contributed by atoms with Gasteiger partial charge in [-0.25, -0.2) is 0 Å². The van der Waals surface area contributed by atoms with Gasteiger partial charge in [0.1, 0.15) is 5.75 Å². The van der Waals surface area contributed by atoms with Gasteiger partial charge in [0.15, 0.2) is 0 Å². The molecule has 27 heavy (non-hydrogen) atoms. The highest BCUT2D eigenvalue weighted by molar-refractivity contribution is 5.32. The summed E-state index contributed by atoms with van der Waals surface area (Å²) < 4.78 is 112. The van der Waals surface area contributed by atoms with E-state index in [2.05, 4.69) is 4.74 Å². The van der Waals surface area contributed by atoms with Crippen LogP contribution in [0, 0.1) is 13.8 Å². The number of benzene rings is 2. The van der Waals surface area contributed by atoms with Crippen molar-refractivity contribution in [2.45, 2.75) is 32.6 Å². The molecule has 0 aliphatic rings. The Balaban J connectivity index is 0.000000277. The third kappa shape index (κ3) is 8.23. The Hall–Kier alpha value is -2.39. The van der Waals surface area contributed by atoms with Gasteiger partial charge >= 0.3 is 18.7 Å². The van der Waals surface area contributed by atoms with Crippen molar-refractivity contribution in [2.75, 3.05) is 0 Å². The maximum atomic E-state index is 12.2. The minimum atomic E-state index is -4.76. The second-order valence-electron chi connectivity index (χ2n) is 5.44. The highest BCUT2D eigenvalue weighted by Crippen LogP contribution is 2.36. The number of ether oxygens (including phenoxy) is 1. The minimum absolute atomic E-state index is 0.0721. The molecular weight excluding hydrogens is 391 g/mol. The van der Waals surface area contributed by atoms with Crippen molar-refractivity contribution in [1.29, 1.82) is 0 Å². The van der Waals surface area contributed by atoms with E-state index in [0.717, 1.165) is 5.56 Å². The molecule has 0 aliphatic heterocycles. The number of hydrogen-bond acceptors (Lipinski definition) is 1. The molecule has 0 saturated heterocycles. The fourth-order valence-electron chi connectivity index (χ4n) is 1.85. The van der Waals surface area contributed by atoms with Gasteiger partial charge in [0.05, 0.1) is 11.1 Å². The van der Waals surface area contributed by atoms with Gasteiger partial charge in [-0.15, -0.1) is 13.2 Å². The number of alkyl halides is 9. The van der Waals surface area contributed by atoms with Crippen LogP contribution in [-0.4, -0.2) is 6.36 Å². The second-order valence-corrected chi connectivity index (χ2v) is 5.44. The molecule has 10 heteroatoms. The summed E-state index contributed by atoms with van der Waals surface area (Å²) in [7, 11) is 0. The van der Waals surface area contributed by atoms with E-state index in [1.165, 1.54) is 19.1 Å². The fourth-order valence-corrected chi connectivity index (χ4v) is 1.85. The summed E-state index contributed by atoms with van der Waals surface area (Å²) >= 11 is 0. The van der Waals surface area contributed by atoms with E-state index < -0.39 is 29.8 Å². The van der Waals surface area contributed by atoms with Gasteiger partial charge in [-0.2, -0.15) is 26.3 Å². The number of rotatable bonds is 1. The zero-order chi connectivity index (χ0) is 21.0. The molecule has 0 N–H and O–H groups in total. The van der Waals surface area contributed by atoms with Crippen molar-refractivity contribution >= 4 is 0 Å². The van der Waals surface area contributed by atoms with E-state index in [1.807, 2.05) is 0 Å². The van der Waals surface area contributed by atoms with E-state index in [-0.39, 0.29) is 17.4 Å². The van der Waals surface area contributed by atoms with Crippen molar-refractivity contribution < 1.29 is 44.3 Å². The van der Waals surface area contributed by atoms with E-state index >= 15 is 0 Å². The third-order valence-corrected chi connectivity index (χ3v) is 2.99. The average Bonchev–Trinajstić information content (AvgIpc) is 2.46. The first-order valence-electron chi connectivity index (χ1n) is 7.16. The third-order valence-electron chi connectivity index (χ3n) is 2.99. The fraction of sp³-hybridized carbons (Fsp3) is 0.294. The summed E-state index contributed by atoms with van der Waals surface area (Å²) in [5.41, 5.74) is -1.74. The summed E-state index contributed by atoms with van der Waals surface area (Å²) in [5, 5.41) is 0. The van der Waals surface area contributed by atoms with Crippen LogP contribution < -0.4 is 4.74 Å². The predicted octanol–water partition coefficient (Wildman–Crippen LogP) is 6.93. The molecule has 0 saturated carbocycles. The summed E-state index contributed by atoms with van der Waals surface area (Å²) in [4.78, 5) is 0. The van der Waals surface area contributed by atoms with Crippen molar-refractivity contribution in [3.63, 3.8) is 0 Å². The number of halogens is 9. The lowest BCUT2D eigenvalue weighted by Crippen LogP contribution is -2.16. The van der Waals surface area contributed by atoms with Crippen molar-refractivity contribution in [3.8, 4) is 5.75 Å². The standard InChI is InChI=1S/C9H6F6.C8H7F3O/c1-5-2-6(8(10,11)12)4-7(3-5)9(13,14)15;1-6-2-4-7(5-3-6)12-8(9,10)11/h2-4H,1H3;2-5H,1H3. The predicted molar refractivity (Wildman–Crippen MR) is 79.0 cm³/mol. The van der Waals surface area contributed by atoms with Gasteiger partial charge in [-0.1, -0.05) is 17.7 Å². The van der Waals surface area contributed by atoms with Crippen molar-refractivity contribution in [2.24, 2.45) is 0 Å². The Kier molecular flexibility index (Phi) is 6.79. The molecule has 1 nitrogen and oxygen atoms in total.